The molecule has 0 unspecified atom stereocenters. The molecule has 1 fully saturated rings. The van der Waals surface area contributed by atoms with Crippen molar-refractivity contribution in [3.05, 3.63) is 0 Å². The van der Waals surface area contributed by atoms with Crippen LogP contribution in [0, 0.1) is 0 Å². The van der Waals surface area contributed by atoms with Gasteiger partial charge in [0.2, 0.25) is 0 Å². The lowest BCUT2D eigenvalue weighted by molar-refractivity contribution is -0.150. The Hall–Kier alpha value is -1.14. The molecule has 1 heterocycles. The van der Waals surface area contributed by atoms with E-state index in [1.807, 2.05) is 13.8 Å². The SMILES string of the molecule is C1CNCCN1.CCCCOC(=O)CCC(=O)OCCCC. The molecule has 0 aromatic heterocycles. The summed E-state index contributed by atoms with van der Waals surface area (Å²) in [6.07, 6.45) is 3.96. The monoisotopic (exact) mass is 316 g/mol. The minimum Gasteiger partial charge on any atom is -0.466 e. The molecule has 0 radical (unpaired) electrons. The van der Waals surface area contributed by atoms with Crippen molar-refractivity contribution < 1.29 is 19.1 Å². The molecule has 1 aliphatic rings. The number of hydrogen-bond donors (Lipinski definition) is 2. The molecule has 0 aliphatic carbocycles. The Bertz CT molecular complexity index is 248. The van der Waals surface area contributed by atoms with Crippen molar-refractivity contribution >= 4 is 11.9 Å². The molecular weight excluding hydrogens is 284 g/mol. The maximum Gasteiger partial charge on any atom is 0.306 e. The zero-order valence-corrected chi connectivity index (χ0v) is 14.1. The van der Waals surface area contributed by atoms with Crippen molar-refractivity contribution in [1.29, 1.82) is 0 Å². The lowest BCUT2D eigenvalue weighted by atomic mass is 10.3. The topological polar surface area (TPSA) is 76.7 Å². The zero-order valence-electron chi connectivity index (χ0n) is 14.1. The van der Waals surface area contributed by atoms with Crippen LogP contribution in [0.1, 0.15) is 52.4 Å². The third-order valence-electron chi connectivity index (χ3n) is 3.01. The summed E-state index contributed by atoms with van der Waals surface area (Å²) in [5.41, 5.74) is 0. The first-order valence-electron chi connectivity index (χ1n) is 8.43. The molecule has 0 bridgehead atoms. The van der Waals surface area contributed by atoms with Crippen LogP contribution in [0.5, 0.6) is 0 Å². The highest BCUT2D eigenvalue weighted by atomic mass is 16.5. The van der Waals surface area contributed by atoms with Crippen molar-refractivity contribution in [1.82, 2.24) is 10.6 Å². The van der Waals surface area contributed by atoms with Gasteiger partial charge in [0.05, 0.1) is 26.1 Å². The smallest absolute Gasteiger partial charge is 0.306 e. The predicted octanol–water partition coefficient (Wildman–Crippen LogP) is 1.63. The van der Waals surface area contributed by atoms with E-state index in [1.54, 1.807) is 0 Å². The number of carbonyl (C=O) groups excluding carboxylic acids is 2. The highest BCUT2D eigenvalue weighted by molar-refractivity contribution is 5.77. The van der Waals surface area contributed by atoms with E-state index in [-0.39, 0.29) is 24.8 Å². The first-order chi connectivity index (χ1) is 10.7. The highest BCUT2D eigenvalue weighted by Gasteiger charge is 2.08. The van der Waals surface area contributed by atoms with Gasteiger partial charge < -0.3 is 20.1 Å². The number of hydrogen-bond acceptors (Lipinski definition) is 6. The van der Waals surface area contributed by atoms with E-state index >= 15 is 0 Å². The van der Waals surface area contributed by atoms with Crippen molar-refractivity contribution in [2.75, 3.05) is 39.4 Å². The fourth-order valence-electron chi connectivity index (χ4n) is 1.61. The Morgan fingerprint density at radius 2 is 1.14 bits per heavy atom. The van der Waals surface area contributed by atoms with Gasteiger partial charge in [0.1, 0.15) is 0 Å². The molecule has 0 atom stereocenters. The Morgan fingerprint density at radius 1 is 0.773 bits per heavy atom. The quantitative estimate of drug-likeness (QED) is 0.497. The largest absolute Gasteiger partial charge is 0.466 e. The Morgan fingerprint density at radius 3 is 1.41 bits per heavy atom. The average Bonchev–Trinajstić information content (AvgIpc) is 2.56. The van der Waals surface area contributed by atoms with Gasteiger partial charge >= 0.3 is 11.9 Å². The lowest BCUT2D eigenvalue weighted by Gasteiger charge is -2.11. The van der Waals surface area contributed by atoms with Gasteiger partial charge in [-0.2, -0.15) is 0 Å². The molecule has 0 amide bonds. The number of piperazine rings is 1. The second-order valence-corrected chi connectivity index (χ2v) is 5.15. The second-order valence-electron chi connectivity index (χ2n) is 5.15. The summed E-state index contributed by atoms with van der Waals surface area (Å²) >= 11 is 0. The summed E-state index contributed by atoms with van der Waals surface area (Å²) in [7, 11) is 0. The minimum absolute atomic E-state index is 0.120. The molecule has 2 N–H and O–H groups in total. The zero-order chi connectivity index (χ0) is 16.5. The van der Waals surface area contributed by atoms with Crippen molar-refractivity contribution in [3.8, 4) is 0 Å². The van der Waals surface area contributed by atoms with Crippen LogP contribution in [-0.2, 0) is 19.1 Å². The Labute approximate surface area is 134 Å². The summed E-state index contributed by atoms with van der Waals surface area (Å²) in [4.78, 5) is 22.2. The van der Waals surface area contributed by atoms with Crippen LogP contribution in [0.3, 0.4) is 0 Å². The summed E-state index contributed by atoms with van der Waals surface area (Å²) < 4.78 is 9.82. The van der Waals surface area contributed by atoms with E-state index in [1.165, 1.54) is 0 Å². The van der Waals surface area contributed by atoms with Crippen molar-refractivity contribution in [3.63, 3.8) is 0 Å². The third kappa shape index (κ3) is 15.3. The molecule has 0 saturated carbocycles. The van der Waals surface area contributed by atoms with Crippen LogP contribution in [0.25, 0.3) is 0 Å². The van der Waals surface area contributed by atoms with Crippen molar-refractivity contribution in [2.45, 2.75) is 52.4 Å². The van der Waals surface area contributed by atoms with Crippen LogP contribution >= 0.6 is 0 Å². The van der Waals surface area contributed by atoms with E-state index in [9.17, 15) is 9.59 Å². The number of rotatable bonds is 9. The summed E-state index contributed by atoms with van der Waals surface area (Å²) in [5.74, 6) is -0.637. The van der Waals surface area contributed by atoms with Crippen LogP contribution in [-0.4, -0.2) is 51.3 Å². The molecule has 1 saturated heterocycles. The second kappa shape index (κ2) is 16.2. The fraction of sp³-hybridized carbons (Fsp3) is 0.875. The molecule has 0 spiro atoms. The minimum atomic E-state index is -0.319. The molecular formula is C16H32N2O4. The fourth-order valence-corrected chi connectivity index (χ4v) is 1.61. The van der Waals surface area contributed by atoms with E-state index in [4.69, 9.17) is 9.47 Å². The van der Waals surface area contributed by atoms with Gasteiger partial charge in [-0.25, -0.2) is 0 Å². The molecule has 22 heavy (non-hydrogen) atoms. The molecule has 1 rings (SSSR count). The van der Waals surface area contributed by atoms with Gasteiger partial charge in [0.15, 0.2) is 0 Å². The number of esters is 2. The standard InChI is InChI=1S/C12H22O4.C4H10N2/c1-3-5-9-15-11(13)7-8-12(14)16-10-6-4-2;1-2-6-4-3-5-1/h3-10H2,1-2H3;5-6H,1-4H2. The average molecular weight is 316 g/mol. The molecule has 6 heteroatoms. The van der Waals surface area contributed by atoms with Crippen LogP contribution in [0.2, 0.25) is 0 Å². The van der Waals surface area contributed by atoms with E-state index in [2.05, 4.69) is 10.6 Å². The number of carbonyl (C=O) groups is 2. The van der Waals surface area contributed by atoms with Gasteiger partial charge in [-0.1, -0.05) is 26.7 Å². The van der Waals surface area contributed by atoms with Crippen LogP contribution < -0.4 is 10.6 Å². The molecule has 0 aromatic rings. The number of unbranched alkanes of at least 4 members (excludes halogenated alkanes) is 2. The maximum atomic E-state index is 11.1. The Balaban J connectivity index is 0.000000604. The summed E-state index contributed by atoms with van der Waals surface area (Å²) in [6.45, 7) is 9.50. The number of nitrogens with one attached hydrogen (secondary N) is 2. The normalized spacial score (nSPS) is 13.7. The number of ether oxygens (including phenoxy) is 2. The van der Waals surface area contributed by atoms with Crippen LogP contribution in [0.4, 0.5) is 0 Å². The van der Waals surface area contributed by atoms with Gasteiger partial charge in [-0.3, -0.25) is 9.59 Å². The van der Waals surface area contributed by atoms with Gasteiger partial charge in [-0.05, 0) is 12.8 Å². The van der Waals surface area contributed by atoms with E-state index in [0.717, 1.165) is 51.9 Å². The molecule has 130 valence electrons. The molecule has 1 aliphatic heterocycles. The van der Waals surface area contributed by atoms with Crippen molar-refractivity contribution in [2.24, 2.45) is 0 Å². The first kappa shape index (κ1) is 20.9. The third-order valence-corrected chi connectivity index (χ3v) is 3.01. The molecule has 6 nitrogen and oxygen atoms in total. The maximum absolute atomic E-state index is 11.1. The Kier molecular flexibility index (Phi) is 15.4. The first-order valence-corrected chi connectivity index (χ1v) is 8.43. The highest BCUT2D eigenvalue weighted by Crippen LogP contribution is 1.99. The van der Waals surface area contributed by atoms with Crippen LogP contribution in [0.15, 0.2) is 0 Å². The van der Waals surface area contributed by atoms with Gasteiger partial charge in [-0.15, -0.1) is 0 Å². The lowest BCUT2D eigenvalue weighted by Crippen LogP contribution is -2.39. The summed E-state index contributed by atoms with van der Waals surface area (Å²) in [6, 6.07) is 0. The molecule has 0 aromatic carbocycles. The summed E-state index contributed by atoms with van der Waals surface area (Å²) in [5, 5.41) is 6.44. The van der Waals surface area contributed by atoms with E-state index in [0.29, 0.717) is 13.2 Å². The van der Waals surface area contributed by atoms with Gasteiger partial charge in [0, 0.05) is 26.2 Å². The predicted molar refractivity (Wildman–Crippen MR) is 86.7 cm³/mol. The van der Waals surface area contributed by atoms with Gasteiger partial charge in [0.25, 0.3) is 0 Å². The van der Waals surface area contributed by atoms with E-state index < -0.39 is 0 Å².